The first-order valence-electron chi connectivity index (χ1n) is 6.63. The average molecular weight is 418 g/mol. The van der Waals surface area contributed by atoms with E-state index in [2.05, 4.69) is 41.3 Å². The summed E-state index contributed by atoms with van der Waals surface area (Å²) in [5.41, 5.74) is -0.0267. The molecule has 20 heavy (non-hydrogen) atoms. The highest BCUT2D eigenvalue weighted by Crippen LogP contribution is 2.02. The Kier molecular flexibility index (Phi) is 8.34. The Labute approximate surface area is 139 Å². The Bertz CT molecular complexity index is 404. The van der Waals surface area contributed by atoms with Crippen molar-refractivity contribution in [3.63, 3.8) is 0 Å². The molecule has 0 amide bonds. The third-order valence-corrected chi connectivity index (χ3v) is 4.48. The van der Waals surface area contributed by atoms with E-state index in [0.29, 0.717) is 13.1 Å². The molecule has 0 aromatic rings. The van der Waals surface area contributed by atoms with E-state index < -0.39 is 9.84 Å². The highest BCUT2D eigenvalue weighted by atomic mass is 127. The van der Waals surface area contributed by atoms with E-state index in [0.717, 1.165) is 19.0 Å². The molecular weight excluding hydrogens is 391 g/mol. The molecule has 0 unspecified atom stereocenters. The largest absolute Gasteiger partial charge is 0.355 e. The number of hydrogen-bond donors (Lipinski definition) is 2. The lowest BCUT2D eigenvalue weighted by Gasteiger charge is -2.28. The van der Waals surface area contributed by atoms with Crippen LogP contribution < -0.4 is 10.6 Å². The molecule has 0 bridgehead atoms. The first-order chi connectivity index (χ1) is 8.72. The molecule has 1 rings (SSSR count). The number of nitrogens with zero attached hydrogens (tertiary/aromatic N) is 2. The molecular formula is C12H27IN4O2S. The summed E-state index contributed by atoms with van der Waals surface area (Å²) in [5.74, 6) is 1.33. The minimum atomic E-state index is -2.78. The third-order valence-electron chi connectivity index (χ3n) is 2.87. The van der Waals surface area contributed by atoms with Crippen molar-refractivity contribution < 1.29 is 8.42 Å². The van der Waals surface area contributed by atoms with Crippen molar-refractivity contribution in [3.8, 4) is 0 Å². The molecule has 0 saturated carbocycles. The van der Waals surface area contributed by atoms with Gasteiger partial charge in [0.2, 0.25) is 0 Å². The lowest BCUT2D eigenvalue weighted by atomic mass is 10.1. The molecule has 8 heteroatoms. The maximum atomic E-state index is 11.3. The van der Waals surface area contributed by atoms with Crippen LogP contribution in [0, 0.1) is 0 Å². The molecule has 1 aliphatic rings. The fourth-order valence-electron chi connectivity index (χ4n) is 1.84. The monoisotopic (exact) mass is 418 g/mol. The van der Waals surface area contributed by atoms with Gasteiger partial charge in [-0.2, -0.15) is 0 Å². The summed E-state index contributed by atoms with van der Waals surface area (Å²) < 4.78 is 22.6. The average Bonchev–Trinajstić information content (AvgIpc) is 2.28. The van der Waals surface area contributed by atoms with Gasteiger partial charge in [0.05, 0.1) is 11.5 Å². The Morgan fingerprint density at radius 1 is 1.25 bits per heavy atom. The van der Waals surface area contributed by atoms with Gasteiger partial charge in [0.1, 0.15) is 0 Å². The van der Waals surface area contributed by atoms with Gasteiger partial charge in [-0.1, -0.05) is 0 Å². The van der Waals surface area contributed by atoms with E-state index in [-0.39, 0.29) is 41.0 Å². The molecule has 0 atom stereocenters. The van der Waals surface area contributed by atoms with Gasteiger partial charge in [-0.05, 0) is 20.8 Å². The van der Waals surface area contributed by atoms with Crippen LogP contribution in [-0.2, 0) is 9.84 Å². The molecule has 1 heterocycles. The van der Waals surface area contributed by atoms with Crippen LogP contribution in [-0.4, -0.2) is 69.5 Å². The van der Waals surface area contributed by atoms with E-state index in [4.69, 9.17) is 0 Å². The molecule has 120 valence electrons. The second-order valence-electron chi connectivity index (χ2n) is 5.87. The van der Waals surface area contributed by atoms with Crippen LogP contribution in [0.3, 0.4) is 0 Å². The number of nitrogens with one attached hydrogen (secondary N) is 2. The predicted octanol–water partition coefficient (Wildman–Crippen LogP) is 0.298. The smallest absolute Gasteiger partial charge is 0.191 e. The van der Waals surface area contributed by atoms with Gasteiger partial charge in [-0.25, -0.2) is 8.42 Å². The summed E-state index contributed by atoms with van der Waals surface area (Å²) in [6, 6.07) is 0. The Hall–Kier alpha value is -0.0900. The molecule has 0 radical (unpaired) electrons. The van der Waals surface area contributed by atoms with Gasteiger partial charge in [0.25, 0.3) is 0 Å². The highest BCUT2D eigenvalue weighted by molar-refractivity contribution is 14.0. The van der Waals surface area contributed by atoms with Gasteiger partial charge in [-0.3, -0.25) is 9.89 Å². The summed E-state index contributed by atoms with van der Waals surface area (Å²) in [4.78, 5) is 6.32. The first kappa shape index (κ1) is 19.9. The normalized spacial score (nSPS) is 20.1. The summed E-state index contributed by atoms with van der Waals surface area (Å²) in [5, 5.41) is 6.52. The van der Waals surface area contributed by atoms with Crippen molar-refractivity contribution in [3.05, 3.63) is 0 Å². The maximum absolute atomic E-state index is 11.3. The Balaban J connectivity index is 0.00000361. The maximum Gasteiger partial charge on any atom is 0.191 e. The molecule has 0 spiro atoms. The van der Waals surface area contributed by atoms with Crippen LogP contribution in [0.15, 0.2) is 4.99 Å². The summed E-state index contributed by atoms with van der Waals surface area (Å²) in [6.45, 7) is 9.10. The molecule has 6 nitrogen and oxygen atoms in total. The van der Waals surface area contributed by atoms with Crippen LogP contribution in [0.5, 0.6) is 0 Å². The zero-order chi connectivity index (χ0) is 14.5. The number of guanidine groups is 1. The van der Waals surface area contributed by atoms with Crippen LogP contribution in [0.1, 0.15) is 20.8 Å². The lowest BCUT2D eigenvalue weighted by Crippen LogP contribution is -2.50. The van der Waals surface area contributed by atoms with Crippen LogP contribution in [0.25, 0.3) is 0 Å². The van der Waals surface area contributed by atoms with Crippen molar-refractivity contribution in [2.24, 2.45) is 4.99 Å². The number of sulfone groups is 1. The van der Waals surface area contributed by atoms with Gasteiger partial charge in [0.15, 0.2) is 15.8 Å². The van der Waals surface area contributed by atoms with Crippen molar-refractivity contribution in [1.82, 2.24) is 15.5 Å². The SMILES string of the molecule is CN=C(NCCN1CCS(=O)(=O)CC1)NC(C)(C)C.I. The van der Waals surface area contributed by atoms with E-state index in [1.165, 1.54) is 0 Å². The molecule has 1 fully saturated rings. The van der Waals surface area contributed by atoms with Gasteiger partial charge >= 0.3 is 0 Å². The molecule has 0 aromatic heterocycles. The minimum Gasteiger partial charge on any atom is -0.355 e. The standard InChI is InChI=1S/C12H26N4O2S.HI/c1-12(2,3)15-11(13-4)14-5-6-16-7-9-19(17,18)10-8-16;/h5-10H2,1-4H3,(H2,13,14,15);1H. The van der Waals surface area contributed by atoms with Crippen molar-refractivity contribution in [2.45, 2.75) is 26.3 Å². The minimum absolute atomic E-state index is 0. The number of rotatable bonds is 3. The molecule has 1 saturated heterocycles. The zero-order valence-electron chi connectivity index (χ0n) is 12.8. The van der Waals surface area contributed by atoms with Gasteiger partial charge in [-0.15, -0.1) is 24.0 Å². The molecule has 0 aliphatic carbocycles. The van der Waals surface area contributed by atoms with E-state index in [1.54, 1.807) is 7.05 Å². The second kappa shape index (κ2) is 8.38. The summed E-state index contributed by atoms with van der Waals surface area (Å²) in [6.07, 6.45) is 0. The second-order valence-corrected chi connectivity index (χ2v) is 8.17. The van der Waals surface area contributed by atoms with E-state index in [9.17, 15) is 8.42 Å². The Morgan fingerprint density at radius 3 is 2.25 bits per heavy atom. The number of halogens is 1. The summed E-state index contributed by atoms with van der Waals surface area (Å²) >= 11 is 0. The first-order valence-corrected chi connectivity index (χ1v) is 8.46. The zero-order valence-corrected chi connectivity index (χ0v) is 15.9. The van der Waals surface area contributed by atoms with Gasteiger partial charge in [0, 0.05) is 38.8 Å². The molecule has 0 aromatic carbocycles. The Morgan fingerprint density at radius 2 is 1.80 bits per heavy atom. The van der Waals surface area contributed by atoms with Crippen LogP contribution in [0.2, 0.25) is 0 Å². The van der Waals surface area contributed by atoms with Crippen molar-refractivity contribution in [2.75, 3.05) is 44.7 Å². The third kappa shape index (κ3) is 8.25. The number of aliphatic imine (C=N–C) groups is 1. The van der Waals surface area contributed by atoms with Gasteiger partial charge < -0.3 is 10.6 Å². The van der Waals surface area contributed by atoms with E-state index >= 15 is 0 Å². The topological polar surface area (TPSA) is 73.8 Å². The predicted molar refractivity (Wildman–Crippen MR) is 94.8 cm³/mol. The summed E-state index contributed by atoms with van der Waals surface area (Å²) in [7, 11) is -1.04. The fraction of sp³-hybridized carbons (Fsp3) is 0.917. The van der Waals surface area contributed by atoms with E-state index in [1.807, 2.05) is 0 Å². The van der Waals surface area contributed by atoms with Crippen LogP contribution in [0.4, 0.5) is 0 Å². The van der Waals surface area contributed by atoms with Crippen molar-refractivity contribution in [1.29, 1.82) is 0 Å². The lowest BCUT2D eigenvalue weighted by molar-refractivity contribution is 0.299. The number of hydrogen-bond acceptors (Lipinski definition) is 4. The van der Waals surface area contributed by atoms with Crippen molar-refractivity contribution >= 4 is 39.8 Å². The fourth-order valence-corrected chi connectivity index (χ4v) is 3.12. The van der Waals surface area contributed by atoms with Crippen LogP contribution >= 0.6 is 24.0 Å². The molecule has 2 N–H and O–H groups in total. The molecule has 1 aliphatic heterocycles. The quantitative estimate of drug-likeness (QED) is 0.392. The highest BCUT2D eigenvalue weighted by Gasteiger charge is 2.21.